The maximum absolute atomic E-state index is 13.6. The van der Waals surface area contributed by atoms with Gasteiger partial charge in [-0.15, -0.1) is 10.2 Å². The summed E-state index contributed by atoms with van der Waals surface area (Å²) < 4.78 is 39.7. The number of nitrogens with zero attached hydrogens (tertiary/aromatic N) is 3. The first-order valence-corrected chi connectivity index (χ1v) is 12.4. The number of carbonyl (C=O) groups excluding carboxylic acids is 1. The zero-order valence-electron chi connectivity index (χ0n) is 16.1. The molecule has 3 aromatic rings. The molecule has 0 aliphatic carbocycles. The van der Waals surface area contributed by atoms with Crippen molar-refractivity contribution in [2.24, 2.45) is 0 Å². The van der Waals surface area contributed by atoms with E-state index in [1.165, 1.54) is 48.2 Å². The van der Waals surface area contributed by atoms with Crippen LogP contribution in [0.4, 0.5) is 15.2 Å². The Bertz CT molecular complexity index is 1120. The molecule has 0 spiro atoms. The molecule has 1 amide bonds. The highest BCUT2D eigenvalue weighted by Crippen LogP contribution is 2.29. The molecule has 11 heteroatoms. The summed E-state index contributed by atoms with van der Waals surface area (Å²) in [4.78, 5) is 12.7. The van der Waals surface area contributed by atoms with Gasteiger partial charge < -0.3 is 0 Å². The first-order valence-electron chi connectivity index (χ1n) is 8.80. The predicted octanol–water partition coefficient (Wildman–Crippen LogP) is 3.76. The number of amides is 1. The van der Waals surface area contributed by atoms with Crippen LogP contribution in [-0.2, 0) is 20.6 Å². The molecule has 0 saturated heterocycles. The number of carbonyl (C=O) groups is 1. The van der Waals surface area contributed by atoms with Crippen molar-refractivity contribution < 1.29 is 17.6 Å². The van der Waals surface area contributed by atoms with Crippen LogP contribution in [-0.4, -0.2) is 36.8 Å². The lowest BCUT2D eigenvalue weighted by molar-refractivity contribution is -0.116. The van der Waals surface area contributed by atoms with Gasteiger partial charge in [-0.25, -0.2) is 12.8 Å². The monoisotopic (exact) mass is 466 g/mol. The average molecular weight is 467 g/mol. The van der Waals surface area contributed by atoms with Gasteiger partial charge in [0.1, 0.15) is 11.9 Å². The Hall–Kier alpha value is -2.50. The van der Waals surface area contributed by atoms with Crippen molar-refractivity contribution in [2.75, 3.05) is 15.9 Å². The Labute approximate surface area is 182 Å². The third-order valence-corrected chi connectivity index (χ3v) is 7.28. The fourth-order valence-electron chi connectivity index (χ4n) is 2.67. The molecular weight excluding hydrogens is 447 g/mol. The standard InChI is InChI=1S/C19H19FN4O3S3/c1-13(24(30(2,26)27)16-10-6-9-15(20)11-16)17(25)21-18-22-23-19(29-18)28-12-14-7-4-3-5-8-14/h3-11,13H,12H2,1-2H3,(H,21,22,25)/t13-/m0/s1. The number of benzene rings is 2. The molecule has 7 nitrogen and oxygen atoms in total. The van der Waals surface area contributed by atoms with Crippen molar-refractivity contribution in [1.29, 1.82) is 0 Å². The van der Waals surface area contributed by atoms with Gasteiger partial charge in [-0.2, -0.15) is 0 Å². The summed E-state index contributed by atoms with van der Waals surface area (Å²) >= 11 is 2.68. The fraction of sp³-hybridized carbons (Fsp3) is 0.211. The van der Waals surface area contributed by atoms with Gasteiger partial charge in [-0.1, -0.05) is 59.5 Å². The molecule has 2 aromatic carbocycles. The van der Waals surface area contributed by atoms with E-state index in [9.17, 15) is 17.6 Å². The molecule has 0 fully saturated rings. The molecule has 1 heterocycles. The molecule has 0 saturated carbocycles. The van der Waals surface area contributed by atoms with E-state index in [0.717, 1.165) is 22.2 Å². The van der Waals surface area contributed by atoms with Crippen LogP contribution in [0.3, 0.4) is 0 Å². The van der Waals surface area contributed by atoms with Gasteiger partial charge in [0.15, 0.2) is 4.34 Å². The first kappa shape index (κ1) is 22.2. The fourth-order valence-corrected chi connectivity index (χ4v) is 5.55. The minimum absolute atomic E-state index is 0.0662. The summed E-state index contributed by atoms with van der Waals surface area (Å²) in [7, 11) is -3.84. The van der Waals surface area contributed by atoms with Crippen molar-refractivity contribution in [3.8, 4) is 0 Å². The maximum Gasteiger partial charge on any atom is 0.249 e. The summed E-state index contributed by atoms with van der Waals surface area (Å²) in [5, 5.41) is 10.8. The Morgan fingerprint density at radius 1 is 1.20 bits per heavy atom. The quantitative estimate of drug-likeness (QED) is 0.401. The summed E-state index contributed by atoms with van der Waals surface area (Å²) in [5.41, 5.74) is 1.20. The Morgan fingerprint density at radius 3 is 2.60 bits per heavy atom. The van der Waals surface area contributed by atoms with Gasteiger partial charge in [0.2, 0.25) is 21.1 Å². The lowest BCUT2D eigenvalue weighted by Gasteiger charge is -2.27. The van der Waals surface area contributed by atoms with E-state index >= 15 is 0 Å². The van der Waals surface area contributed by atoms with Gasteiger partial charge in [0.05, 0.1) is 11.9 Å². The number of aromatic nitrogens is 2. The lowest BCUT2D eigenvalue weighted by Crippen LogP contribution is -2.45. The lowest BCUT2D eigenvalue weighted by atomic mass is 10.2. The molecule has 3 rings (SSSR count). The van der Waals surface area contributed by atoms with Crippen LogP contribution in [0.15, 0.2) is 58.9 Å². The molecule has 1 aromatic heterocycles. The van der Waals surface area contributed by atoms with E-state index in [4.69, 9.17) is 0 Å². The molecule has 0 unspecified atom stereocenters. The molecule has 0 aliphatic heterocycles. The highest BCUT2D eigenvalue weighted by molar-refractivity contribution is 8.00. The molecule has 30 heavy (non-hydrogen) atoms. The van der Waals surface area contributed by atoms with Gasteiger partial charge in [0.25, 0.3) is 0 Å². The van der Waals surface area contributed by atoms with Crippen LogP contribution in [0.25, 0.3) is 0 Å². The molecule has 0 radical (unpaired) electrons. The Kier molecular flexibility index (Phi) is 7.06. The summed E-state index contributed by atoms with van der Waals surface area (Å²) in [5.74, 6) is -0.486. The van der Waals surface area contributed by atoms with E-state index in [1.807, 2.05) is 30.3 Å². The average Bonchev–Trinajstić information content (AvgIpc) is 3.13. The van der Waals surface area contributed by atoms with Crippen molar-refractivity contribution in [3.05, 3.63) is 66.0 Å². The minimum atomic E-state index is -3.84. The van der Waals surface area contributed by atoms with E-state index in [-0.39, 0.29) is 10.8 Å². The summed E-state index contributed by atoms with van der Waals surface area (Å²) in [6.45, 7) is 1.42. The predicted molar refractivity (Wildman–Crippen MR) is 118 cm³/mol. The number of halogens is 1. The largest absolute Gasteiger partial charge is 0.299 e. The topological polar surface area (TPSA) is 92.3 Å². The van der Waals surface area contributed by atoms with Crippen LogP contribution in [0.2, 0.25) is 0 Å². The van der Waals surface area contributed by atoms with Crippen LogP contribution in [0.5, 0.6) is 0 Å². The van der Waals surface area contributed by atoms with Crippen LogP contribution in [0, 0.1) is 5.82 Å². The molecule has 158 valence electrons. The molecule has 0 bridgehead atoms. The number of rotatable bonds is 8. The van der Waals surface area contributed by atoms with Crippen molar-refractivity contribution in [2.45, 2.75) is 23.1 Å². The zero-order valence-corrected chi connectivity index (χ0v) is 18.6. The second-order valence-electron chi connectivity index (χ2n) is 6.35. The number of thioether (sulfide) groups is 1. The second-order valence-corrected chi connectivity index (χ2v) is 10.4. The SMILES string of the molecule is C[C@@H](C(=O)Nc1nnc(SCc2ccccc2)s1)N(c1cccc(F)c1)S(C)(=O)=O. The Morgan fingerprint density at radius 2 is 1.93 bits per heavy atom. The Balaban J connectivity index is 1.69. The molecule has 1 N–H and O–H groups in total. The highest BCUT2D eigenvalue weighted by Gasteiger charge is 2.30. The zero-order chi connectivity index (χ0) is 21.7. The second kappa shape index (κ2) is 9.54. The number of hydrogen-bond acceptors (Lipinski definition) is 7. The number of hydrogen-bond donors (Lipinski definition) is 1. The third-order valence-electron chi connectivity index (χ3n) is 3.99. The van der Waals surface area contributed by atoms with E-state index < -0.39 is 27.8 Å². The van der Waals surface area contributed by atoms with Crippen molar-refractivity contribution in [3.63, 3.8) is 0 Å². The van der Waals surface area contributed by atoms with Gasteiger partial charge in [0, 0.05) is 5.75 Å². The smallest absolute Gasteiger partial charge is 0.249 e. The van der Waals surface area contributed by atoms with Crippen LogP contribution < -0.4 is 9.62 Å². The normalized spacial score (nSPS) is 12.4. The molecule has 0 aliphatic rings. The van der Waals surface area contributed by atoms with Gasteiger partial charge >= 0.3 is 0 Å². The summed E-state index contributed by atoms with van der Waals surface area (Å²) in [6.07, 6.45) is 0.963. The number of anilines is 2. The van der Waals surface area contributed by atoms with Crippen LogP contribution in [0.1, 0.15) is 12.5 Å². The van der Waals surface area contributed by atoms with Gasteiger partial charge in [-0.3, -0.25) is 14.4 Å². The summed E-state index contributed by atoms with van der Waals surface area (Å²) in [6, 6.07) is 13.8. The van der Waals surface area contributed by atoms with E-state index in [1.54, 1.807) is 0 Å². The maximum atomic E-state index is 13.6. The van der Waals surface area contributed by atoms with E-state index in [0.29, 0.717) is 10.1 Å². The minimum Gasteiger partial charge on any atom is -0.299 e. The van der Waals surface area contributed by atoms with Gasteiger partial charge in [-0.05, 0) is 30.7 Å². The van der Waals surface area contributed by atoms with Crippen molar-refractivity contribution in [1.82, 2.24) is 10.2 Å². The number of sulfonamides is 1. The molecular formula is C19H19FN4O3S3. The van der Waals surface area contributed by atoms with Crippen LogP contribution >= 0.6 is 23.1 Å². The van der Waals surface area contributed by atoms with E-state index in [2.05, 4.69) is 15.5 Å². The third kappa shape index (κ3) is 5.77. The molecule has 1 atom stereocenters. The number of nitrogens with one attached hydrogen (secondary N) is 1. The van der Waals surface area contributed by atoms with Crippen molar-refractivity contribution >= 4 is 49.8 Å². The first-order chi connectivity index (χ1) is 14.2. The highest BCUT2D eigenvalue weighted by atomic mass is 32.2.